The molecule has 1 atom stereocenters. The molecule has 8 nitrogen and oxygen atoms in total. The van der Waals surface area contributed by atoms with Crippen LogP contribution in [0.25, 0.3) is 0 Å². The molecule has 2 aromatic carbocycles. The molecule has 0 spiro atoms. The maximum absolute atomic E-state index is 12.8. The molecule has 1 aromatic heterocycles. The van der Waals surface area contributed by atoms with Crippen molar-refractivity contribution in [3.05, 3.63) is 70.5 Å². The van der Waals surface area contributed by atoms with Crippen molar-refractivity contribution in [2.75, 3.05) is 26.6 Å². The number of methoxy groups -OCH3 is 3. The van der Waals surface area contributed by atoms with Gasteiger partial charge in [0.25, 0.3) is 5.91 Å². The van der Waals surface area contributed by atoms with Crippen LogP contribution in [0.2, 0.25) is 0 Å². The van der Waals surface area contributed by atoms with Crippen LogP contribution in [0.15, 0.2) is 42.6 Å². The average molecular weight is 447 g/mol. The molecule has 33 heavy (non-hydrogen) atoms. The highest BCUT2D eigenvalue weighted by Gasteiger charge is 2.30. The number of benzene rings is 2. The van der Waals surface area contributed by atoms with Gasteiger partial charge in [0.05, 0.1) is 32.6 Å². The topological polar surface area (TPSA) is 99.6 Å². The fourth-order valence-electron chi connectivity index (χ4n) is 3.96. The Bertz CT molecular complexity index is 1180. The van der Waals surface area contributed by atoms with Crippen LogP contribution in [0.3, 0.4) is 0 Å². The molecule has 170 valence electrons. The van der Waals surface area contributed by atoms with E-state index in [1.807, 2.05) is 31.2 Å². The lowest BCUT2D eigenvalue weighted by Gasteiger charge is -2.24. The number of hydrogen-bond donors (Lipinski definition) is 1. The van der Waals surface area contributed by atoms with Crippen LogP contribution in [-0.2, 0) is 6.42 Å². The number of Topliss-reactive ketones (excluding diaryl/α,β-unsaturated/α-hetero) is 1. The Labute approximate surface area is 191 Å². The summed E-state index contributed by atoms with van der Waals surface area (Å²) in [6.07, 6.45) is 2.31. The summed E-state index contributed by atoms with van der Waals surface area (Å²) in [5, 5.41) is 2.72. The normalized spacial score (nSPS) is 14.9. The van der Waals surface area contributed by atoms with Gasteiger partial charge in [-0.2, -0.15) is 0 Å². The molecule has 1 heterocycles. The number of amides is 1. The Morgan fingerprint density at radius 1 is 1.00 bits per heavy atom. The number of ketones is 1. The van der Waals surface area contributed by atoms with Crippen molar-refractivity contribution in [3.63, 3.8) is 0 Å². The lowest BCUT2D eigenvalue weighted by Crippen LogP contribution is -2.22. The zero-order chi connectivity index (χ0) is 23.5. The van der Waals surface area contributed by atoms with Gasteiger partial charge in [0.1, 0.15) is 0 Å². The number of carbonyl (C=O) groups is 2. The van der Waals surface area contributed by atoms with Gasteiger partial charge in [0.2, 0.25) is 11.7 Å². The van der Waals surface area contributed by atoms with E-state index in [4.69, 9.17) is 14.2 Å². The Kier molecular flexibility index (Phi) is 6.26. The summed E-state index contributed by atoms with van der Waals surface area (Å²) in [5.74, 6) is 1.23. The largest absolute Gasteiger partial charge is 0.493 e. The van der Waals surface area contributed by atoms with E-state index in [2.05, 4.69) is 15.3 Å². The number of carbonyl (C=O) groups excluding carboxylic acids is 2. The zero-order valence-electron chi connectivity index (χ0n) is 19.0. The summed E-state index contributed by atoms with van der Waals surface area (Å²) in [6, 6.07) is 10.9. The minimum atomic E-state index is -0.307. The molecule has 1 N–H and O–H groups in total. The van der Waals surface area contributed by atoms with E-state index >= 15 is 0 Å². The van der Waals surface area contributed by atoms with Crippen LogP contribution in [0, 0.1) is 6.92 Å². The molecule has 0 saturated heterocycles. The molecule has 0 fully saturated rings. The number of aryl methyl sites for hydroxylation is 1. The number of hydrogen-bond acceptors (Lipinski definition) is 7. The highest BCUT2D eigenvalue weighted by molar-refractivity contribution is 6.03. The van der Waals surface area contributed by atoms with Crippen molar-refractivity contribution >= 4 is 17.6 Å². The van der Waals surface area contributed by atoms with E-state index in [0.717, 1.165) is 11.1 Å². The van der Waals surface area contributed by atoms with Gasteiger partial charge in [-0.25, -0.2) is 9.97 Å². The monoisotopic (exact) mass is 447 g/mol. The Hall–Kier alpha value is -3.94. The van der Waals surface area contributed by atoms with Crippen molar-refractivity contribution in [3.8, 4) is 17.2 Å². The molecule has 8 heteroatoms. The van der Waals surface area contributed by atoms with Crippen LogP contribution in [-0.4, -0.2) is 43.0 Å². The lowest BCUT2D eigenvalue weighted by atomic mass is 9.82. The van der Waals surface area contributed by atoms with Crippen molar-refractivity contribution in [1.82, 2.24) is 9.97 Å². The van der Waals surface area contributed by atoms with Crippen molar-refractivity contribution in [2.45, 2.75) is 25.7 Å². The molecule has 1 aliphatic carbocycles. The lowest BCUT2D eigenvalue weighted by molar-refractivity contribution is 0.0962. The highest BCUT2D eigenvalue weighted by atomic mass is 16.5. The van der Waals surface area contributed by atoms with Crippen molar-refractivity contribution < 1.29 is 23.8 Å². The SMILES string of the molecule is COc1cc(C2CC(=O)c3cnc(NC(=O)c4ccc(C)cc4)nc3C2)cc(OC)c1OC. The Morgan fingerprint density at radius 3 is 2.27 bits per heavy atom. The molecular formula is C25H25N3O5. The van der Waals surface area contributed by atoms with E-state index in [-0.39, 0.29) is 23.6 Å². The molecule has 3 aromatic rings. The third-order valence-corrected chi connectivity index (χ3v) is 5.74. The molecule has 4 rings (SSSR count). The second kappa shape index (κ2) is 9.28. The maximum Gasteiger partial charge on any atom is 0.258 e. The zero-order valence-corrected chi connectivity index (χ0v) is 19.0. The number of nitrogens with one attached hydrogen (secondary N) is 1. The average Bonchev–Trinajstić information content (AvgIpc) is 2.83. The predicted octanol–water partition coefficient (Wildman–Crippen LogP) is 3.98. The quantitative estimate of drug-likeness (QED) is 0.610. The van der Waals surface area contributed by atoms with Crippen LogP contribution in [0.4, 0.5) is 5.95 Å². The summed E-state index contributed by atoms with van der Waals surface area (Å²) < 4.78 is 16.3. The van der Waals surface area contributed by atoms with Gasteiger partial charge in [0.15, 0.2) is 17.3 Å². The summed E-state index contributed by atoms with van der Waals surface area (Å²) in [6.45, 7) is 1.95. The first kappa shape index (κ1) is 22.3. The highest BCUT2D eigenvalue weighted by Crippen LogP contribution is 2.42. The van der Waals surface area contributed by atoms with E-state index in [1.54, 1.807) is 33.5 Å². The van der Waals surface area contributed by atoms with Gasteiger partial charge in [0, 0.05) is 18.2 Å². The minimum Gasteiger partial charge on any atom is -0.493 e. The molecular weight excluding hydrogens is 422 g/mol. The third-order valence-electron chi connectivity index (χ3n) is 5.74. The smallest absolute Gasteiger partial charge is 0.258 e. The number of ether oxygens (including phenoxy) is 3. The molecule has 0 saturated carbocycles. The molecule has 1 amide bonds. The van der Waals surface area contributed by atoms with E-state index in [1.165, 1.54) is 6.20 Å². The molecule has 0 bridgehead atoms. The van der Waals surface area contributed by atoms with E-state index < -0.39 is 0 Å². The van der Waals surface area contributed by atoms with E-state index in [0.29, 0.717) is 46.9 Å². The summed E-state index contributed by atoms with van der Waals surface area (Å²) >= 11 is 0. The fraction of sp³-hybridized carbons (Fsp3) is 0.280. The van der Waals surface area contributed by atoms with Crippen molar-refractivity contribution in [1.29, 1.82) is 0 Å². The second-order valence-corrected chi connectivity index (χ2v) is 7.86. The van der Waals surface area contributed by atoms with Gasteiger partial charge in [-0.3, -0.25) is 14.9 Å². The fourth-order valence-corrected chi connectivity index (χ4v) is 3.96. The van der Waals surface area contributed by atoms with Gasteiger partial charge >= 0.3 is 0 Å². The molecule has 1 unspecified atom stereocenters. The van der Waals surface area contributed by atoms with Crippen LogP contribution >= 0.6 is 0 Å². The van der Waals surface area contributed by atoms with Crippen LogP contribution in [0.5, 0.6) is 17.2 Å². The van der Waals surface area contributed by atoms with Crippen LogP contribution in [0.1, 0.15) is 49.9 Å². The molecule has 0 radical (unpaired) electrons. The molecule has 0 aliphatic heterocycles. The summed E-state index contributed by atoms with van der Waals surface area (Å²) in [5.41, 5.74) is 3.53. The number of anilines is 1. The summed E-state index contributed by atoms with van der Waals surface area (Å²) in [7, 11) is 4.65. The van der Waals surface area contributed by atoms with Gasteiger partial charge in [-0.15, -0.1) is 0 Å². The first-order chi connectivity index (χ1) is 15.9. The predicted molar refractivity (Wildman–Crippen MR) is 123 cm³/mol. The van der Waals surface area contributed by atoms with Crippen LogP contribution < -0.4 is 19.5 Å². The standard InChI is InChI=1S/C25H25N3O5/c1-14-5-7-15(8-6-14)24(30)28-25-26-13-18-19(27-25)9-16(10-20(18)29)17-11-21(31-2)23(33-4)22(12-17)32-3/h5-8,11-13,16H,9-10H2,1-4H3,(H,26,27,28,30). The number of nitrogens with zero attached hydrogens (tertiary/aromatic N) is 2. The van der Waals surface area contributed by atoms with Crippen molar-refractivity contribution in [2.24, 2.45) is 0 Å². The Balaban J connectivity index is 1.61. The maximum atomic E-state index is 12.8. The third kappa shape index (κ3) is 4.50. The number of rotatable bonds is 6. The van der Waals surface area contributed by atoms with E-state index in [9.17, 15) is 9.59 Å². The summed E-state index contributed by atoms with van der Waals surface area (Å²) in [4.78, 5) is 34.1. The molecule has 1 aliphatic rings. The number of aromatic nitrogens is 2. The first-order valence-corrected chi connectivity index (χ1v) is 10.5. The first-order valence-electron chi connectivity index (χ1n) is 10.5. The Morgan fingerprint density at radius 2 is 1.67 bits per heavy atom. The second-order valence-electron chi connectivity index (χ2n) is 7.86. The minimum absolute atomic E-state index is 0.0496. The van der Waals surface area contributed by atoms with Gasteiger partial charge in [-0.1, -0.05) is 17.7 Å². The number of fused-ring (bicyclic) bond motifs is 1. The van der Waals surface area contributed by atoms with Gasteiger partial charge < -0.3 is 14.2 Å². The van der Waals surface area contributed by atoms with Gasteiger partial charge in [-0.05, 0) is 49.1 Å².